The van der Waals surface area contributed by atoms with Gasteiger partial charge in [0.05, 0.1) is 5.75 Å². The molecule has 0 aliphatic carbocycles. The second-order valence-corrected chi connectivity index (χ2v) is 7.23. The Morgan fingerprint density at radius 1 is 1.00 bits per heavy atom. The summed E-state index contributed by atoms with van der Waals surface area (Å²) < 4.78 is 29.2. The SMILES string of the molecule is Cc1[nH]c2ccccc2c1CCCS(=O)(=O)Oc1ccccc1. The highest BCUT2D eigenvalue weighted by Gasteiger charge is 2.14. The molecule has 1 aromatic heterocycles. The molecule has 2 aromatic carbocycles. The van der Waals surface area contributed by atoms with Crippen molar-refractivity contribution in [2.75, 3.05) is 5.75 Å². The molecule has 0 radical (unpaired) electrons. The van der Waals surface area contributed by atoms with Crippen LogP contribution in [0.2, 0.25) is 0 Å². The largest absolute Gasteiger partial charge is 0.382 e. The zero-order valence-corrected chi connectivity index (χ0v) is 13.8. The molecule has 5 heteroatoms. The van der Waals surface area contributed by atoms with Crippen molar-refractivity contribution in [3.8, 4) is 5.75 Å². The predicted molar refractivity (Wildman–Crippen MR) is 92.2 cm³/mol. The van der Waals surface area contributed by atoms with E-state index >= 15 is 0 Å². The molecule has 0 amide bonds. The molecule has 0 saturated heterocycles. The first-order chi connectivity index (χ1) is 11.1. The van der Waals surface area contributed by atoms with Crippen molar-refractivity contribution >= 4 is 21.0 Å². The van der Waals surface area contributed by atoms with Gasteiger partial charge in [-0.1, -0.05) is 36.4 Å². The van der Waals surface area contributed by atoms with Crippen LogP contribution in [0.4, 0.5) is 0 Å². The molecule has 3 rings (SSSR count). The lowest BCUT2D eigenvalue weighted by Crippen LogP contribution is -2.14. The Balaban J connectivity index is 1.65. The van der Waals surface area contributed by atoms with E-state index < -0.39 is 10.1 Å². The molecule has 0 saturated carbocycles. The molecular formula is C18H19NO3S. The smallest absolute Gasteiger partial charge is 0.309 e. The molecule has 1 heterocycles. The third-order valence-corrected chi connectivity index (χ3v) is 5.05. The summed E-state index contributed by atoms with van der Waals surface area (Å²) in [6, 6.07) is 16.7. The van der Waals surface area contributed by atoms with Crippen LogP contribution in [0.3, 0.4) is 0 Å². The number of rotatable bonds is 6. The number of benzene rings is 2. The third kappa shape index (κ3) is 3.74. The Morgan fingerprint density at radius 3 is 2.48 bits per heavy atom. The van der Waals surface area contributed by atoms with E-state index in [4.69, 9.17) is 4.18 Å². The second-order valence-electron chi connectivity index (χ2n) is 5.54. The molecule has 1 N–H and O–H groups in total. The number of fused-ring (bicyclic) bond motifs is 1. The fourth-order valence-electron chi connectivity index (χ4n) is 2.75. The lowest BCUT2D eigenvalue weighted by atomic mass is 10.1. The van der Waals surface area contributed by atoms with Gasteiger partial charge in [0.1, 0.15) is 5.75 Å². The van der Waals surface area contributed by atoms with Gasteiger partial charge >= 0.3 is 10.1 Å². The molecule has 0 atom stereocenters. The highest BCUT2D eigenvalue weighted by Crippen LogP contribution is 2.23. The molecule has 0 aliphatic rings. The zero-order chi connectivity index (χ0) is 16.3. The lowest BCUT2D eigenvalue weighted by Gasteiger charge is -2.07. The average Bonchev–Trinajstić information content (AvgIpc) is 2.84. The Morgan fingerprint density at radius 2 is 1.70 bits per heavy atom. The Hall–Kier alpha value is -2.27. The number of aromatic amines is 1. The highest BCUT2D eigenvalue weighted by molar-refractivity contribution is 7.87. The van der Waals surface area contributed by atoms with Crippen molar-refractivity contribution in [3.63, 3.8) is 0 Å². The van der Waals surface area contributed by atoms with Gasteiger partial charge in [-0.25, -0.2) is 0 Å². The van der Waals surface area contributed by atoms with E-state index in [0.29, 0.717) is 18.6 Å². The van der Waals surface area contributed by atoms with Gasteiger partial charge in [-0.15, -0.1) is 0 Å². The van der Waals surface area contributed by atoms with Crippen molar-refractivity contribution in [1.29, 1.82) is 0 Å². The molecule has 23 heavy (non-hydrogen) atoms. The van der Waals surface area contributed by atoms with Crippen molar-refractivity contribution in [2.45, 2.75) is 19.8 Å². The van der Waals surface area contributed by atoms with Gasteiger partial charge in [-0.3, -0.25) is 0 Å². The van der Waals surface area contributed by atoms with Crippen LogP contribution in [0, 0.1) is 6.92 Å². The monoisotopic (exact) mass is 329 g/mol. The van der Waals surface area contributed by atoms with Crippen molar-refractivity contribution in [1.82, 2.24) is 4.98 Å². The number of aromatic nitrogens is 1. The summed E-state index contributed by atoms with van der Waals surface area (Å²) in [5, 5.41) is 1.16. The molecule has 120 valence electrons. The van der Waals surface area contributed by atoms with Gasteiger partial charge in [0.25, 0.3) is 0 Å². The summed E-state index contributed by atoms with van der Waals surface area (Å²) in [6.07, 6.45) is 1.23. The standard InChI is InChI=1S/C18H19NO3S/c1-14-16(17-10-5-6-12-18(17)19-14)11-7-13-23(20,21)22-15-8-3-2-4-9-15/h2-6,8-10,12,19H,7,11,13H2,1H3. The van der Waals surface area contributed by atoms with E-state index in [0.717, 1.165) is 16.6 Å². The first-order valence-corrected chi connectivity index (χ1v) is 9.16. The van der Waals surface area contributed by atoms with Gasteiger partial charge in [-0.2, -0.15) is 8.42 Å². The van der Waals surface area contributed by atoms with Crippen LogP contribution in [0.15, 0.2) is 54.6 Å². The topological polar surface area (TPSA) is 59.2 Å². The van der Waals surface area contributed by atoms with Crippen LogP contribution in [0.25, 0.3) is 10.9 Å². The molecule has 0 fully saturated rings. The first-order valence-electron chi connectivity index (χ1n) is 7.58. The summed E-state index contributed by atoms with van der Waals surface area (Å²) >= 11 is 0. The van der Waals surface area contributed by atoms with Crippen molar-refractivity contribution in [3.05, 3.63) is 65.9 Å². The average molecular weight is 329 g/mol. The molecule has 4 nitrogen and oxygen atoms in total. The number of nitrogens with one attached hydrogen (secondary N) is 1. The summed E-state index contributed by atoms with van der Waals surface area (Å²) in [5.74, 6) is 0.358. The zero-order valence-electron chi connectivity index (χ0n) is 13.0. The van der Waals surface area contributed by atoms with Crippen LogP contribution in [0.1, 0.15) is 17.7 Å². The third-order valence-electron chi connectivity index (χ3n) is 3.81. The van der Waals surface area contributed by atoms with Crippen LogP contribution in [-0.2, 0) is 16.5 Å². The Bertz CT molecular complexity index is 898. The van der Waals surface area contributed by atoms with E-state index in [1.165, 1.54) is 5.56 Å². The normalized spacial score (nSPS) is 11.7. The van der Waals surface area contributed by atoms with Gasteiger partial charge in [0, 0.05) is 16.6 Å². The van der Waals surface area contributed by atoms with Gasteiger partial charge in [-0.05, 0) is 43.5 Å². The Kier molecular flexibility index (Phi) is 4.39. The molecule has 0 unspecified atom stereocenters. The van der Waals surface area contributed by atoms with Crippen LogP contribution in [-0.4, -0.2) is 19.2 Å². The summed E-state index contributed by atoms with van der Waals surface area (Å²) in [7, 11) is -3.56. The summed E-state index contributed by atoms with van der Waals surface area (Å²) in [5.41, 5.74) is 3.35. The number of H-pyrrole nitrogens is 1. The molecule has 0 bridgehead atoms. The minimum atomic E-state index is -3.56. The quantitative estimate of drug-likeness (QED) is 0.699. The van der Waals surface area contributed by atoms with Crippen molar-refractivity contribution < 1.29 is 12.6 Å². The van der Waals surface area contributed by atoms with Crippen LogP contribution >= 0.6 is 0 Å². The van der Waals surface area contributed by atoms with E-state index in [2.05, 4.69) is 11.1 Å². The van der Waals surface area contributed by atoms with Gasteiger partial charge < -0.3 is 9.17 Å². The van der Waals surface area contributed by atoms with E-state index in [-0.39, 0.29) is 5.75 Å². The fourth-order valence-corrected chi connectivity index (χ4v) is 3.73. The highest BCUT2D eigenvalue weighted by atomic mass is 32.2. The number of aryl methyl sites for hydroxylation is 2. The number of para-hydroxylation sites is 2. The van der Waals surface area contributed by atoms with E-state index in [1.54, 1.807) is 24.3 Å². The summed E-state index contributed by atoms with van der Waals surface area (Å²) in [4.78, 5) is 3.33. The minimum Gasteiger partial charge on any atom is -0.382 e. The van der Waals surface area contributed by atoms with E-state index in [1.807, 2.05) is 31.2 Å². The predicted octanol–water partition coefficient (Wildman–Crippen LogP) is 3.82. The maximum Gasteiger partial charge on any atom is 0.309 e. The van der Waals surface area contributed by atoms with Gasteiger partial charge in [0.2, 0.25) is 0 Å². The van der Waals surface area contributed by atoms with Crippen LogP contribution < -0.4 is 4.18 Å². The molecule has 0 spiro atoms. The number of hydrogen-bond donors (Lipinski definition) is 1. The maximum absolute atomic E-state index is 12.0. The van der Waals surface area contributed by atoms with E-state index in [9.17, 15) is 8.42 Å². The molecule has 0 aliphatic heterocycles. The lowest BCUT2D eigenvalue weighted by molar-refractivity contribution is 0.484. The minimum absolute atomic E-state index is 0.000835. The van der Waals surface area contributed by atoms with Gasteiger partial charge in [0.15, 0.2) is 0 Å². The first kappa shape index (κ1) is 15.6. The molecule has 3 aromatic rings. The number of hydrogen-bond acceptors (Lipinski definition) is 3. The molecular weight excluding hydrogens is 310 g/mol. The Labute approximate surface area is 136 Å². The van der Waals surface area contributed by atoms with Crippen LogP contribution in [0.5, 0.6) is 5.75 Å². The second kappa shape index (κ2) is 6.46. The van der Waals surface area contributed by atoms with Crippen molar-refractivity contribution in [2.24, 2.45) is 0 Å². The summed E-state index contributed by atoms with van der Waals surface area (Å²) in [6.45, 7) is 2.02. The maximum atomic E-state index is 12.0. The fraction of sp³-hybridized carbons (Fsp3) is 0.222.